The molecule has 2 aromatic carbocycles. The number of hydrogen-bond donors (Lipinski definition) is 1. The van der Waals surface area contributed by atoms with Crippen LogP contribution in [-0.4, -0.2) is 47.7 Å². The summed E-state index contributed by atoms with van der Waals surface area (Å²) in [5, 5.41) is 5.16. The van der Waals surface area contributed by atoms with Gasteiger partial charge in [-0.2, -0.15) is 4.98 Å². The summed E-state index contributed by atoms with van der Waals surface area (Å²) >= 11 is 0. The summed E-state index contributed by atoms with van der Waals surface area (Å²) in [6.07, 6.45) is 2.67. The van der Waals surface area contributed by atoms with Gasteiger partial charge in [-0.25, -0.2) is 10.0 Å². The van der Waals surface area contributed by atoms with Crippen molar-refractivity contribution in [2.24, 2.45) is 0 Å². The molecule has 1 atom stereocenters. The maximum absolute atomic E-state index is 5.89. The number of likely N-dealkylation sites (N-methyl/N-ethyl adjacent to an activating group) is 1. The molecule has 0 radical (unpaired) electrons. The van der Waals surface area contributed by atoms with Crippen LogP contribution in [0.4, 0.5) is 17.5 Å². The van der Waals surface area contributed by atoms with E-state index in [1.165, 1.54) is 5.56 Å². The lowest BCUT2D eigenvalue weighted by molar-refractivity contribution is 0.157. The quantitative estimate of drug-likeness (QED) is 0.492. The molecule has 1 fully saturated rings. The first-order valence-electron chi connectivity index (χ1n) is 11.3. The van der Waals surface area contributed by atoms with Crippen LogP contribution in [0.5, 0.6) is 5.75 Å². The van der Waals surface area contributed by atoms with Crippen LogP contribution in [0, 0.1) is 0 Å². The molecule has 1 unspecified atom stereocenters. The second-order valence-electron chi connectivity index (χ2n) is 7.64. The van der Waals surface area contributed by atoms with Gasteiger partial charge in [0.1, 0.15) is 12.4 Å². The van der Waals surface area contributed by atoms with Gasteiger partial charge in [0.2, 0.25) is 5.95 Å². The molecule has 0 saturated carbocycles. The topological polar surface area (TPSA) is 62.8 Å². The number of benzene rings is 2. The third kappa shape index (κ3) is 5.55. The number of anilines is 3. The van der Waals surface area contributed by atoms with E-state index in [0.29, 0.717) is 19.2 Å². The smallest absolute Gasteiger partial charge is 0.229 e. The zero-order valence-corrected chi connectivity index (χ0v) is 18.8. The van der Waals surface area contributed by atoms with Crippen LogP contribution in [0.25, 0.3) is 0 Å². The van der Waals surface area contributed by atoms with E-state index in [1.807, 2.05) is 41.5 Å². The lowest BCUT2D eigenvalue weighted by atomic mass is 10.0. The summed E-state index contributed by atoms with van der Waals surface area (Å²) in [4.78, 5) is 17.3. The number of hydrogen-bond acceptors (Lipinski definition) is 7. The lowest BCUT2D eigenvalue weighted by Gasteiger charge is -2.24. The third-order valence-electron chi connectivity index (χ3n) is 5.64. The van der Waals surface area contributed by atoms with Crippen molar-refractivity contribution >= 4 is 17.5 Å². The largest absolute Gasteiger partial charge is 0.492 e. The first kappa shape index (κ1) is 22.0. The van der Waals surface area contributed by atoms with Crippen molar-refractivity contribution in [2.45, 2.75) is 26.3 Å². The van der Waals surface area contributed by atoms with Crippen LogP contribution in [0.3, 0.4) is 0 Å². The fourth-order valence-corrected chi connectivity index (χ4v) is 3.80. The lowest BCUT2D eigenvalue weighted by Crippen LogP contribution is -2.27. The van der Waals surface area contributed by atoms with Crippen molar-refractivity contribution in [3.63, 3.8) is 0 Å². The van der Waals surface area contributed by atoms with Crippen molar-refractivity contribution in [3.8, 4) is 5.75 Å². The van der Waals surface area contributed by atoms with Crippen LogP contribution < -0.4 is 15.1 Å². The molecule has 0 spiro atoms. The highest BCUT2D eigenvalue weighted by molar-refractivity contribution is 5.56. The maximum atomic E-state index is 5.89. The second-order valence-corrected chi connectivity index (χ2v) is 7.64. The molecule has 0 amide bonds. The van der Waals surface area contributed by atoms with Gasteiger partial charge in [-0.3, -0.25) is 4.84 Å². The van der Waals surface area contributed by atoms with E-state index in [1.54, 1.807) is 6.20 Å². The molecule has 7 heteroatoms. The Kier molecular flexibility index (Phi) is 7.53. The van der Waals surface area contributed by atoms with Crippen LogP contribution in [-0.2, 0) is 4.84 Å². The minimum absolute atomic E-state index is 0.145. The van der Waals surface area contributed by atoms with Gasteiger partial charge in [-0.1, -0.05) is 44.2 Å². The van der Waals surface area contributed by atoms with Gasteiger partial charge in [-0.15, -0.1) is 0 Å². The van der Waals surface area contributed by atoms with Crippen molar-refractivity contribution in [2.75, 3.05) is 43.2 Å². The SMILES string of the molecule is CCN(CC)CCOc1ccc(Nc2nccc(N3OCCC3c3ccccc3)n2)cc1. The average Bonchev–Trinajstić information content (AvgIpc) is 3.34. The normalized spacial score (nSPS) is 15.8. The second kappa shape index (κ2) is 10.9. The Labute approximate surface area is 190 Å². The predicted octanol–water partition coefficient (Wildman–Crippen LogP) is 4.82. The van der Waals surface area contributed by atoms with E-state index in [-0.39, 0.29) is 6.04 Å². The van der Waals surface area contributed by atoms with E-state index in [4.69, 9.17) is 9.57 Å². The Hall–Kier alpha value is -3.16. The Morgan fingerprint density at radius 1 is 1.06 bits per heavy atom. The van der Waals surface area contributed by atoms with Crippen LogP contribution in [0.2, 0.25) is 0 Å². The molecule has 7 nitrogen and oxygen atoms in total. The Balaban J connectivity index is 1.38. The third-order valence-corrected chi connectivity index (χ3v) is 5.64. The standard InChI is InChI=1S/C25H31N5O2/c1-3-29(4-2)17-19-31-22-12-10-21(11-13-22)27-25-26-16-14-24(28-25)30-23(15-18-32-30)20-8-6-5-7-9-20/h5-14,16,23H,3-4,15,17-19H2,1-2H3,(H,26,27,28). The minimum atomic E-state index is 0.145. The number of aromatic nitrogens is 2. The number of nitrogens with zero attached hydrogens (tertiary/aromatic N) is 4. The van der Waals surface area contributed by atoms with E-state index in [9.17, 15) is 0 Å². The van der Waals surface area contributed by atoms with Crippen molar-refractivity contribution in [1.82, 2.24) is 14.9 Å². The fraction of sp³-hybridized carbons (Fsp3) is 0.360. The summed E-state index contributed by atoms with van der Waals surface area (Å²) in [5.74, 6) is 2.12. The van der Waals surface area contributed by atoms with E-state index in [0.717, 1.165) is 43.3 Å². The summed E-state index contributed by atoms with van der Waals surface area (Å²) in [7, 11) is 0. The zero-order chi connectivity index (χ0) is 22.2. The van der Waals surface area contributed by atoms with Crippen molar-refractivity contribution < 1.29 is 9.57 Å². The molecule has 1 aliphatic heterocycles. The summed E-state index contributed by atoms with van der Waals surface area (Å²) in [6, 6.07) is 20.3. The molecule has 1 N–H and O–H groups in total. The van der Waals surface area contributed by atoms with Gasteiger partial charge >= 0.3 is 0 Å². The Bertz CT molecular complexity index is 964. The fourth-order valence-electron chi connectivity index (χ4n) is 3.80. The van der Waals surface area contributed by atoms with Gasteiger partial charge in [0.15, 0.2) is 5.82 Å². The molecule has 1 aromatic heterocycles. The molecular formula is C25H31N5O2. The van der Waals surface area contributed by atoms with Gasteiger partial charge in [0, 0.05) is 30.9 Å². The summed E-state index contributed by atoms with van der Waals surface area (Å²) in [5.41, 5.74) is 2.12. The highest BCUT2D eigenvalue weighted by atomic mass is 16.7. The van der Waals surface area contributed by atoms with E-state index < -0.39 is 0 Å². The predicted molar refractivity (Wildman–Crippen MR) is 127 cm³/mol. The molecular weight excluding hydrogens is 402 g/mol. The molecule has 0 bridgehead atoms. The van der Waals surface area contributed by atoms with Gasteiger partial charge in [-0.05, 0) is 42.9 Å². The van der Waals surface area contributed by atoms with Crippen molar-refractivity contribution in [1.29, 1.82) is 0 Å². The molecule has 32 heavy (non-hydrogen) atoms. The molecule has 4 rings (SSSR count). The minimum Gasteiger partial charge on any atom is -0.492 e. The zero-order valence-electron chi connectivity index (χ0n) is 18.8. The van der Waals surface area contributed by atoms with Gasteiger partial charge in [0.25, 0.3) is 0 Å². The molecule has 0 aliphatic carbocycles. The van der Waals surface area contributed by atoms with Crippen LogP contribution in [0.1, 0.15) is 31.9 Å². The van der Waals surface area contributed by atoms with E-state index in [2.05, 4.69) is 58.3 Å². The van der Waals surface area contributed by atoms with Gasteiger partial charge < -0.3 is 15.0 Å². The monoisotopic (exact) mass is 433 g/mol. The number of hydroxylamine groups is 1. The van der Waals surface area contributed by atoms with Gasteiger partial charge in [0.05, 0.1) is 12.6 Å². The number of rotatable bonds is 10. The van der Waals surface area contributed by atoms with Crippen LogP contribution in [0.15, 0.2) is 66.9 Å². The molecule has 2 heterocycles. The first-order valence-corrected chi connectivity index (χ1v) is 11.3. The van der Waals surface area contributed by atoms with E-state index >= 15 is 0 Å². The highest BCUT2D eigenvalue weighted by Crippen LogP contribution is 2.34. The molecule has 1 aliphatic rings. The Morgan fingerprint density at radius 3 is 2.59 bits per heavy atom. The number of nitrogens with one attached hydrogen (secondary N) is 1. The summed E-state index contributed by atoms with van der Waals surface area (Å²) in [6.45, 7) is 8.68. The molecule has 1 saturated heterocycles. The summed E-state index contributed by atoms with van der Waals surface area (Å²) < 4.78 is 5.86. The highest BCUT2D eigenvalue weighted by Gasteiger charge is 2.28. The molecule has 168 valence electrons. The van der Waals surface area contributed by atoms with Crippen LogP contribution >= 0.6 is 0 Å². The molecule has 3 aromatic rings. The Morgan fingerprint density at radius 2 is 1.84 bits per heavy atom. The maximum Gasteiger partial charge on any atom is 0.229 e. The average molecular weight is 434 g/mol. The first-order chi connectivity index (χ1) is 15.8. The number of ether oxygens (including phenoxy) is 1. The van der Waals surface area contributed by atoms with Crippen molar-refractivity contribution in [3.05, 3.63) is 72.4 Å².